The maximum Gasteiger partial charge on any atom is 0.306 e. The van der Waals surface area contributed by atoms with Crippen LogP contribution in [0.1, 0.15) is 174 Å². The third kappa shape index (κ3) is 33.4. The predicted octanol–water partition coefficient (Wildman–Crippen LogP) is 9.74. The fraction of sp³-hybridized carbons (Fsp3) is 0.795. The number of nitrogens with zero attached hydrogens (tertiary/aromatic N) is 1. The number of ether oxygens (including phenoxy) is 3. The second-order valence-corrected chi connectivity index (χ2v) is 15.2. The minimum Gasteiger partial charge on any atom is -0.544 e. The number of allylic oxidation sites excluding steroid dienone is 6. The Labute approximate surface area is 319 Å². The van der Waals surface area contributed by atoms with Crippen LogP contribution in [-0.2, 0) is 28.6 Å². The molecule has 0 aliphatic carbocycles. The molecule has 2 unspecified atom stereocenters. The highest BCUT2D eigenvalue weighted by Gasteiger charge is 2.25. The molecule has 8 nitrogen and oxygen atoms in total. The molecule has 302 valence electrons. The topological polar surface area (TPSA) is 102 Å². The van der Waals surface area contributed by atoms with Gasteiger partial charge in [0.15, 0.2) is 6.10 Å². The summed E-state index contributed by atoms with van der Waals surface area (Å²) < 4.78 is 17.1. The van der Waals surface area contributed by atoms with Gasteiger partial charge in [0.05, 0.1) is 40.3 Å². The number of carboxylic acids is 1. The summed E-state index contributed by atoms with van der Waals surface area (Å²) in [5.74, 6) is -1.77. The Morgan fingerprint density at radius 2 is 1.08 bits per heavy atom. The third-order valence-electron chi connectivity index (χ3n) is 9.26. The van der Waals surface area contributed by atoms with Crippen LogP contribution in [0, 0.1) is 0 Å². The molecule has 0 saturated heterocycles. The largest absolute Gasteiger partial charge is 0.544 e. The Bertz CT molecular complexity index is 953. The van der Waals surface area contributed by atoms with E-state index in [0.717, 1.165) is 83.5 Å². The fourth-order valence-corrected chi connectivity index (χ4v) is 5.98. The molecule has 0 aromatic heterocycles. The average molecular weight is 734 g/mol. The monoisotopic (exact) mass is 734 g/mol. The summed E-state index contributed by atoms with van der Waals surface area (Å²) in [4.78, 5) is 36.7. The van der Waals surface area contributed by atoms with Gasteiger partial charge in [-0.15, -0.1) is 0 Å². The zero-order valence-electron chi connectivity index (χ0n) is 34.2. The number of hydrogen-bond acceptors (Lipinski definition) is 7. The van der Waals surface area contributed by atoms with E-state index >= 15 is 0 Å². The van der Waals surface area contributed by atoms with Crippen LogP contribution in [0.25, 0.3) is 0 Å². The maximum absolute atomic E-state index is 12.7. The van der Waals surface area contributed by atoms with Gasteiger partial charge in [-0.2, -0.15) is 0 Å². The number of likely N-dealkylation sites (N-methyl/N-ethyl adjacent to an activating group) is 1. The number of carbonyl (C=O) groups is 3. The molecule has 52 heavy (non-hydrogen) atoms. The molecule has 0 rings (SSSR count). The van der Waals surface area contributed by atoms with Crippen LogP contribution >= 0.6 is 0 Å². The number of quaternary nitrogens is 1. The maximum atomic E-state index is 12.7. The van der Waals surface area contributed by atoms with E-state index in [2.05, 4.69) is 50.3 Å². The fourth-order valence-electron chi connectivity index (χ4n) is 5.98. The molecule has 0 aliphatic rings. The number of rotatable bonds is 37. The van der Waals surface area contributed by atoms with Gasteiger partial charge in [0.1, 0.15) is 12.6 Å². The molecule has 0 spiro atoms. The summed E-state index contributed by atoms with van der Waals surface area (Å²) in [6.45, 7) is 4.52. The first-order valence-corrected chi connectivity index (χ1v) is 21.0. The van der Waals surface area contributed by atoms with E-state index in [0.29, 0.717) is 12.8 Å². The minimum absolute atomic E-state index is 0.0335. The van der Waals surface area contributed by atoms with Crippen molar-refractivity contribution in [3.8, 4) is 0 Å². The van der Waals surface area contributed by atoms with Crippen molar-refractivity contribution < 1.29 is 38.2 Å². The summed E-state index contributed by atoms with van der Waals surface area (Å²) in [7, 11) is 5.39. The number of unbranched alkanes of at least 4 members (excludes halogenated alkanes) is 17. The van der Waals surface area contributed by atoms with E-state index in [1.165, 1.54) is 57.8 Å². The lowest BCUT2D eigenvalue weighted by molar-refractivity contribution is -0.889. The quantitative estimate of drug-likeness (QED) is 0.0271. The van der Waals surface area contributed by atoms with E-state index in [-0.39, 0.29) is 42.7 Å². The van der Waals surface area contributed by atoms with Crippen molar-refractivity contribution in [1.82, 2.24) is 0 Å². The van der Waals surface area contributed by atoms with E-state index in [1.54, 1.807) is 21.1 Å². The number of esters is 2. The van der Waals surface area contributed by atoms with Gasteiger partial charge in [-0.1, -0.05) is 127 Å². The molecule has 2 atom stereocenters. The summed E-state index contributed by atoms with van der Waals surface area (Å²) >= 11 is 0. The normalized spacial score (nSPS) is 13.3. The van der Waals surface area contributed by atoms with Crippen LogP contribution < -0.4 is 5.11 Å². The number of carbonyl (C=O) groups excluding carboxylic acids is 3. The van der Waals surface area contributed by atoms with Crippen LogP contribution in [0.2, 0.25) is 0 Å². The predicted molar refractivity (Wildman–Crippen MR) is 213 cm³/mol. The molecule has 0 N–H and O–H groups in total. The molecule has 0 aromatic carbocycles. The SMILES string of the molecule is CC/C=C/C/C=C/CCCCCCCC(=O)OCC(COCCC(C(=O)[O-])[N+](C)(C)C)OC(=O)CCCCCCC/C=C/CCCCCCCCC. The first-order chi connectivity index (χ1) is 25.1. The molecular formula is C44H79NO7. The first kappa shape index (κ1) is 49.6. The van der Waals surface area contributed by atoms with Crippen LogP contribution in [0.4, 0.5) is 0 Å². The van der Waals surface area contributed by atoms with Gasteiger partial charge in [0.2, 0.25) is 0 Å². The Kier molecular flexibility index (Phi) is 33.9. The summed E-state index contributed by atoms with van der Waals surface area (Å²) in [6, 6.07) is -0.728. The molecule has 8 heteroatoms. The summed E-state index contributed by atoms with van der Waals surface area (Å²) in [5, 5.41) is 11.6. The molecular weight excluding hydrogens is 654 g/mol. The average Bonchev–Trinajstić information content (AvgIpc) is 3.09. The number of hydrogen-bond donors (Lipinski definition) is 0. The molecule has 0 bridgehead atoms. The standard InChI is InChI=1S/C44H79NO7/c1-6-8-10-12-14-16-18-20-21-22-23-25-27-29-31-33-35-43(47)52-40(38-50-37-36-41(44(48)49)45(3,4)5)39-51-42(46)34-32-30-28-26-24-19-17-15-13-11-9-7-2/h9,11,15,17,21-22,40-41H,6-8,10,12-14,16,18-20,23-39H2,1-5H3/b11-9+,17-15+,22-21+. The van der Waals surface area contributed by atoms with Gasteiger partial charge in [0, 0.05) is 19.3 Å². The van der Waals surface area contributed by atoms with E-state index < -0.39 is 18.1 Å². The van der Waals surface area contributed by atoms with Crippen molar-refractivity contribution in [3.63, 3.8) is 0 Å². The Morgan fingerprint density at radius 1 is 0.596 bits per heavy atom. The zero-order chi connectivity index (χ0) is 38.5. The molecule has 0 fully saturated rings. The first-order valence-electron chi connectivity index (χ1n) is 21.0. The van der Waals surface area contributed by atoms with Crippen LogP contribution in [0.5, 0.6) is 0 Å². The van der Waals surface area contributed by atoms with Gasteiger partial charge >= 0.3 is 11.9 Å². The molecule has 0 amide bonds. The lowest BCUT2D eigenvalue weighted by atomic mass is 10.1. The van der Waals surface area contributed by atoms with E-state index in [1.807, 2.05) is 0 Å². The lowest BCUT2D eigenvalue weighted by Gasteiger charge is -2.34. The Morgan fingerprint density at radius 3 is 1.60 bits per heavy atom. The van der Waals surface area contributed by atoms with Gasteiger partial charge in [0.25, 0.3) is 0 Å². The summed E-state index contributed by atoms with van der Waals surface area (Å²) in [5.41, 5.74) is 0. The van der Waals surface area contributed by atoms with Gasteiger partial charge < -0.3 is 28.6 Å². The van der Waals surface area contributed by atoms with Gasteiger partial charge in [-0.25, -0.2) is 0 Å². The smallest absolute Gasteiger partial charge is 0.306 e. The highest BCUT2D eigenvalue weighted by Crippen LogP contribution is 2.13. The van der Waals surface area contributed by atoms with Crippen molar-refractivity contribution in [1.29, 1.82) is 0 Å². The van der Waals surface area contributed by atoms with E-state index in [9.17, 15) is 19.5 Å². The minimum atomic E-state index is -1.13. The molecule has 0 aromatic rings. The van der Waals surface area contributed by atoms with E-state index in [4.69, 9.17) is 14.2 Å². The molecule has 0 aliphatic heterocycles. The Hall–Kier alpha value is -2.45. The van der Waals surface area contributed by atoms with Crippen molar-refractivity contribution in [2.75, 3.05) is 41.0 Å². The highest BCUT2D eigenvalue weighted by molar-refractivity contribution is 5.70. The van der Waals surface area contributed by atoms with Crippen molar-refractivity contribution in [2.45, 2.75) is 187 Å². The lowest BCUT2D eigenvalue weighted by Crippen LogP contribution is -2.55. The summed E-state index contributed by atoms with van der Waals surface area (Å²) in [6.07, 6.45) is 38.8. The Balaban J connectivity index is 4.39. The second kappa shape index (κ2) is 35.6. The number of carboxylic acid groups (broad SMARTS) is 1. The van der Waals surface area contributed by atoms with Gasteiger partial charge in [-0.05, 0) is 64.2 Å². The van der Waals surface area contributed by atoms with Crippen molar-refractivity contribution >= 4 is 17.9 Å². The zero-order valence-corrected chi connectivity index (χ0v) is 34.2. The third-order valence-corrected chi connectivity index (χ3v) is 9.26. The number of aliphatic carboxylic acids is 1. The van der Waals surface area contributed by atoms with Crippen LogP contribution in [-0.4, -0.2) is 75.5 Å². The molecule has 0 heterocycles. The van der Waals surface area contributed by atoms with Crippen molar-refractivity contribution in [3.05, 3.63) is 36.5 Å². The van der Waals surface area contributed by atoms with Gasteiger partial charge in [-0.3, -0.25) is 9.59 Å². The van der Waals surface area contributed by atoms with Crippen molar-refractivity contribution in [2.24, 2.45) is 0 Å². The highest BCUT2D eigenvalue weighted by atomic mass is 16.6. The molecule has 0 radical (unpaired) electrons. The second-order valence-electron chi connectivity index (χ2n) is 15.2. The van der Waals surface area contributed by atoms with Crippen LogP contribution in [0.15, 0.2) is 36.5 Å². The molecule has 0 saturated carbocycles. The van der Waals surface area contributed by atoms with Crippen LogP contribution in [0.3, 0.4) is 0 Å².